The third-order valence-corrected chi connectivity index (χ3v) is 2.05. The molecule has 0 spiro atoms. The van der Waals surface area contributed by atoms with Crippen LogP contribution in [0.25, 0.3) is 0 Å². The summed E-state index contributed by atoms with van der Waals surface area (Å²) in [5, 5.41) is 22.1. The maximum Gasteiger partial charge on any atom is 0.359 e. The Balaban J connectivity index is 2.98. The third-order valence-electron chi connectivity index (χ3n) is 2.05. The van der Waals surface area contributed by atoms with Gasteiger partial charge in [0, 0.05) is 18.8 Å². The van der Waals surface area contributed by atoms with Gasteiger partial charge in [-0.05, 0) is 6.92 Å². The molecule has 94 valence electrons. The molecule has 1 unspecified atom stereocenters. The molecule has 0 aliphatic rings. The van der Waals surface area contributed by atoms with Crippen LogP contribution in [0.2, 0.25) is 0 Å². The highest BCUT2D eigenvalue weighted by Crippen LogP contribution is 2.20. The van der Waals surface area contributed by atoms with E-state index in [1.165, 1.54) is 10.9 Å². The highest BCUT2D eigenvalue weighted by Gasteiger charge is 2.24. The molecule has 1 aromatic rings. The van der Waals surface area contributed by atoms with Crippen LogP contribution in [0.1, 0.15) is 35.5 Å². The molecule has 0 aliphatic heterocycles. The number of aryl methyl sites for hydroxylation is 1. The van der Waals surface area contributed by atoms with E-state index in [0.29, 0.717) is 0 Å². The molecule has 1 rings (SSSR count). The number of aliphatic hydroxyl groups excluding tert-OH is 1. The molecule has 1 aromatic heterocycles. The number of aliphatic carboxylic acids is 1. The number of carboxylic acid groups (broad SMARTS) is 1. The van der Waals surface area contributed by atoms with Gasteiger partial charge in [0.2, 0.25) is 0 Å². The van der Waals surface area contributed by atoms with Crippen molar-refractivity contribution in [2.75, 3.05) is 6.61 Å². The molecule has 17 heavy (non-hydrogen) atoms. The predicted octanol–water partition coefficient (Wildman–Crippen LogP) is 0.105. The zero-order valence-corrected chi connectivity index (χ0v) is 9.58. The van der Waals surface area contributed by atoms with E-state index in [1.807, 2.05) is 0 Å². The SMILES string of the molecule is CCOC(=O)c1nn(C)cc1C(O)CC(=O)O. The summed E-state index contributed by atoms with van der Waals surface area (Å²) in [5.74, 6) is -1.83. The topological polar surface area (TPSA) is 102 Å². The van der Waals surface area contributed by atoms with Crippen molar-refractivity contribution in [3.63, 3.8) is 0 Å². The van der Waals surface area contributed by atoms with Crippen LogP contribution in [-0.2, 0) is 16.6 Å². The zero-order valence-electron chi connectivity index (χ0n) is 9.58. The number of esters is 1. The third kappa shape index (κ3) is 3.28. The van der Waals surface area contributed by atoms with Crippen LogP contribution in [0.4, 0.5) is 0 Å². The second kappa shape index (κ2) is 5.44. The Labute approximate surface area is 97.6 Å². The van der Waals surface area contributed by atoms with Gasteiger partial charge in [0.15, 0.2) is 5.69 Å². The van der Waals surface area contributed by atoms with Crippen LogP contribution in [0.15, 0.2) is 6.20 Å². The van der Waals surface area contributed by atoms with E-state index in [4.69, 9.17) is 9.84 Å². The van der Waals surface area contributed by atoms with Gasteiger partial charge >= 0.3 is 11.9 Å². The lowest BCUT2D eigenvalue weighted by Crippen LogP contribution is -2.12. The molecular weight excluding hydrogens is 228 g/mol. The molecule has 1 heterocycles. The van der Waals surface area contributed by atoms with Crippen LogP contribution in [0.5, 0.6) is 0 Å². The van der Waals surface area contributed by atoms with E-state index in [2.05, 4.69) is 5.10 Å². The molecule has 0 radical (unpaired) electrons. The van der Waals surface area contributed by atoms with E-state index in [1.54, 1.807) is 14.0 Å². The molecule has 0 bridgehead atoms. The molecular formula is C10H14N2O5. The Morgan fingerprint density at radius 2 is 2.24 bits per heavy atom. The molecule has 7 nitrogen and oxygen atoms in total. The van der Waals surface area contributed by atoms with E-state index >= 15 is 0 Å². The van der Waals surface area contributed by atoms with Crippen molar-refractivity contribution in [3.05, 3.63) is 17.5 Å². The second-order valence-corrected chi connectivity index (χ2v) is 3.44. The van der Waals surface area contributed by atoms with Crippen molar-refractivity contribution < 1.29 is 24.5 Å². The summed E-state index contributed by atoms with van der Waals surface area (Å²) in [6.45, 7) is 1.83. The summed E-state index contributed by atoms with van der Waals surface area (Å²) in [5.41, 5.74) is 0.108. The number of hydrogen-bond acceptors (Lipinski definition) is 5. The number of aromatic nitrogens is 2. The Morgan fingerprint density at radius 1 is 1.59 bits per heavy atom. The maximum absolute atomic E-state index is 11.5. The van der Waals surface area contributed by atoms with Gasteiger partial charge in [-0.3, -0.25) is 9.48 Å². The monoisotopic (exact) mass is 242 g/mol. The minimum absolute atomic E-state index is 0.0527. The summed E-state index contributed by atoms with van der Waals surface area (Å²) in [7, 11) is 1.57. The van der Waals surface area contributed by atoms with Crippen molar-refractivity contribution in [2.24, 2.45) is 7.05 Å². The minimum atomic E-state index is -1.28. The lowest BCUT2D eigenvalue weighted by atomic mass is 10.1. The van der Waals surface area contributed by atoms with Gasteiger partial charge < -0.3 is 14.9 Å². The maximum atomic E-state index is 11.5. The normalized spacial score (nSPS) is 12.2. The quantitative estimate of drug-likeness (QED) is 0.710. The zero-order chi connectivity index (χ0) is 13.0. The van der Waals surface area contributed by atoms with Crippen LogP contribution >= 0.6 is 0 Å². The average Bonchev–Trinajstić information content (AvgIpc) is 2.60. The van der Waals surface area contributed by atoms with Crippen LogP contribution in [0, 0.1) is 0 Å². The summed E-state index contributed by atoms with van der Waals surface area (Å²) in [6.07, 6.45) is -0.363. The van der Waals surface area contributed by atoms with E-state index < -0.39 is 24.5 Å². The molecule has 0 aromatic carbocycles. The number of carbonyl (C=O) groups excluding carboxylic acids is 1. The highest BCUT2D eigenvalue weighted by atomic mass is 16.5. The minimum Gasteiger partial charge on any atom is -0.481 e. The molecule has 0 aliphatic carbocycles. The van der Waals surface area contributed by atoms with Crippen LogP contribution < -0.4 is 0 Å². The first-order chi connectivity index (χ1) is 7.95. The Bertz CT molecular complexity index is 426. The summed E-state index contributed by atoms with van der Waals surface area (Å²) in [6, 6.07) is 0. The fourth-order valence-electron chi connectivity index (χ4n) is 1.38. The van der Waals surface area contributed by atoms with E-state index in [-0.39, 0.29) is 17.9 Å². The van der Waals surface area contributed by atoms with Gasteiger partial charge in [0.25, 0.3) is 0 Å². The smallest absolute Gasteiger partial charge is 0.359 e. The lowest BCUT2D eigenvalue weighted by Gasteiger charge is -2.07. The molecule has 0 saturated carbocycles. The molecule has 0 amide bonds. The molecule has 7 heteroatoms. The fraction of sp³-hybridized carbons (Fsp3) is 0.500. The number of hydrogen-bond donors (Lipinski definition) is 2. The van der Waals surface area contributed by atoms with Crippen molar-refractivity contribution >= 4 is 11.9 Å². The number of nitrogens with zero attached hydrogens (tertiary/aromatic N) is 2. The summed E-state index contributed by atoms with van der Waals surface area (Å²) in [4.78, 5) is 22.0. The van der Waals surface area contributed by atoms with Gasteiger partial charge in [-0.2, -0.15) is 5.10 Å². The van der Waals surface area contributed by atoms with Gasteiger partial charge in [-0.15, -0.1) is 0 Å². The molecule has 2 N–H and O–H groups in total. The van der Waals surface area contributed by atoms with Crippen LogP contribution in [-0.4, -0.2) is 38.5 Å². The number of carbonyl (C=O) groups is 2. The number of ether oxygens (including phenoxy) is 1. The van der Waals surface area contributed by atoms with Crippen molar-refractivity contribution in [1.29, 1.82) is 0 Å². The van der Waals surface area contributed by atoms with Gasteiger partial charge in [0.1, 0.15) is 0 Å². The first-order valence-corrected chi connectivity index (χ1v) is 5.06. The molecule has 0 saturated heterocycles. The Kier molecular flexibility index (Phi) is 4.22. The number of rotatable bonds is 5. The summed E-state index contributed by atoms with van der Waals surface area (Å²) < 4.78 is 6.09. The van der Waals surface area contributed by atoms with Crippen LogP contribution in [0.3, 0.4) is 0 Å². The lowest BCUT2D eigenvalue weighted by molar-refractivity contribution is -0.139. The number of carboxylic acids is 1. The second-order valence-electron chi connectivity index (χ2n) is 3.44. The summed E-state index contributed by atoms with van der Waals surface area (Å²) >= 11 is 0. The van der Waals surface area contributed by atoms with E-state index in [9.17, 15) is 14.7 Å². The fourth-order valence-corrected chi connectivity index (χ4v) is 1.38. The standard InChI is InChI=1S/C10H14N2O5/c1-3-17-10(16)9-6(5-12(2)11-9)7(13)4-8(14)15/h5,7,13H,3-4H2,1-2H3,(H,14,15). The molecule has 1 atom stereocenters. The number of aliphatic hydroxyl groups is 1. The first-order valence-electron chi connectivity index (χ1n) is 5.06. The van der Waals surface area contributed by atoms with Crippen molar-refractivity contribution in [1.82, 2.24) is 9.78 Å². The van der Waals surface area contributed by atoms with E-state index in [0.717, 1.165) is 0 Å². The van der Waals surface area contributed by atoms with Gasteiger partial charge in [-0.1, -0.05) is 0 Å². The van der Waals surface area contributed by atoms with Crippen molar-refractivity contribution in [2.45, 2.75) is 19.4 Å². The Morgan fingerprint density at radius 3 is 2.76 bits per heavy atom. The average molecular weight is 242 g/mol. The van der Waals surface area contributed by atoms with Gasteiger partial charge in [0.05, 0.1) is 19.1 Å². The molecule has 0 fully saturated rings. The first kappa shape index (κ1) is 13.2. The van der Waals surface area contributed by atoms with Crippen molar-refractivity contribution in [3.8, 4) is 0 Å². The van der Waals surface area contributed by atoms with Gasteiger partial charge in [-0.25, -0.2) is 4.79 Å². The largest absolute Gasteiger partial charge is 0.481 e. The Hall–Kier alpha value is -1.89. The highest BCUT2D eigenvalue weighted by molar-refractivity contribution is 5.89. The predicted molar refractivity (Wildman–Crippen MR) is 56.4 cm³/mol.